The minimum atomic E-state index is -0.611. The Balaban J connectivity index is 1.48. The highest BCUT2D eigenvalue weighted by Crippen LogP contribution is 2.21. The number of halogens is 1. The lowest BCUT2D eigenvalue weighted by molar-refractivity contribution is 0.0936. The first kappa shape index (κ1) is 15.4. The maximum absolute atomic E-state index is 14.1. The van der Waals surface area contributed by atoms with Gasteiger partial charge in [-0.3, -0.25) is 4.79 Å². The molecule has 3 aromatic rings. The van der Waals surface area contributed by atoms with Crippen LogP contribution < -0.4 is 10.2 Å². The number of H-pyrrole nitrogens is 1. The molecule has 0 unspecified atom stereocenters. The first-order valence-corrected chi connectivity index (χ1v) is 7.94. The maximum Gasteiger partial charge on any atom is 0.254 e. The Morgan fingerprint density at radius 2 is 2.16 bits per heavy atom. The summed E-state index contributed by atoms with van der Waals surface area (Å²) in [4.78, 5) is 22.8. The molecule has 1 aliphatic heterocycles. The molecule has 0 aliphatic carbocycles. The van der Waals surface area contributed by atoms with Gasteiger partial charge in [0.05, 0.1) is 5.56 Å². The molecule has 8 nitrogen and oxygen atoms in total. The van der Waals surface area contributed by atoms with E-state index >= 15 is 0 Å². The van der Waals surface area contributed by atoms with Gasteiger partial charge in [-0.15, -0.1) is 0 Å². The lowest BCUT2D eigenvalue weighted by Gasteiger charge is -2.19. The molecule has 0 saturated carbocycles. The molecule has 128 valence electrons. The number of fused-ring (bicyclic) bond motifs is 1. The largest absolute Gasteiger partial charge is 0.354 e. The second kappa shape index (κ2) is 6.08. The van der Waals surface area contributed by atoms with Crippen LogP contribution >= 0.6 is 0 Å². The Morgan fingerprint density at radius 3 is 2.96 bits per heavy atom. The predicted octanol–water partition coefficient (Wildman–Crippen LogP) is 1.20. The van der Waals surface area contributed by atoms with E-state index in [-0.39, 0.29) is 11.6 Å². The lowest BCUT2D eigenvalue weighted by Crippen LogP contribution is -2.37. The van der Waals surface area contributed by atoms with Crippen LogP contribution in [0.25, 0.3) is 11.0 Å². The quantitative estimate of drug-likeness (QED) is 0.743. The van der Waals surface area contributed by atoms with Gasteiger partial charge in [0.15, 0.2) is 0 Å². The minimum Gasteiger partial charge on any atom is -0.354 e. The molecule has 1 aromatic carbocycles. The molecule has 1 fully saturated rings. The van der Waals surface area contributed by atoms with Gasteiger partial charge in [-0.1, -0.05) is 0 Å². The van der Waals surface area contributed by atoms with Gasteiger partial charge in [0.25, 0.3) is 5.91 Å². The molecule has 25 heavy (non-hydrogen) atoms. The fourth-order valence-corrected chi connectivity index (χ4v) is 3.09. The maximum atomic E-state index is 14.1. The number of hydrogen-bond donors (Lipinski definition) is 2. The molecular weight excluding hydrogens is 325 g/mol. The average molecular weight is 341 g/mol. The highest BCUT2D eigenvalue weighted by molar-refractivity contribution is 5.97. The molecular formula is C16H16FN7O. The van der Waals surface area contributed by atoms with Crippen LogP contribution in [0.3, 0.4) is 0 Å². The van der Waals surface area contributed by atoms with Crippen molar-refractivity contribution in [2.75, 3.05) is 18.0 Å². The van der Waals surface area contributed by atoms with Crippen LogP contribution in [-0.2, 0) is 0 Å². The minimum absolute atomic E-state index is 0.0296. The normalized spacial score (nSPS) is 17.2. The summed E-state index contributed by atoms with van der Waals surface area (Å²) in [6, 6.07) is 2.54. The van der Waals surface area contributed by atoms with Gasteiger partial charge in [-0.2, -0.15) is 15.4 Å². The Kier molecular flexibility index (Phi) is 3.75. The number of carbonyl (C=O) groups is 1. The second-order valence-corrected chi connectivity index (χ2v) is 6.08. The summed E-state index contributed by atoms with van der Waals surface area (Å²) in [5, 5.41) is 13.0. The number of rotatable bonds is 3. The number of nitrogens with one attached hydrogen (secondary N) is 2. The van der Waals surface area contributed by atoms with Crippen LogP contribution in [0.1, 0.15) is 22.3 Å². The molecule has 1 saturated heterocycles. The van der Waals surface area contributed by atoms with E-state index in [0.29, 0.717) is 17.6 Å². The summed E-state index contributed by atoms with van der Waals surface area (Å²) in [5.41, 5.74) is 1.80. The number of benzene rings is 1. The number of carbonyl (C=O) groups excluding carboxylic acids is 1. The second-order valence-electron chi connectivity index (χ2n) is 6.08. The van der Waals surface area contributed by atoms with Crippen molar-refractivity contribution in [3.8, 4) is 0 Å². The van der Waals surface area contributed by atoms with Gasteiger partial charge in [0.2, 0.25) is 0 Å². The summed E-state index contributed by atoms with van der Waals surface area (Å²) >= 11 is 0. The van der Waals surface area contributed by atoms with Crippen LogP contribution in [0, 0.1) is 12.7 Å². The van der Waals surface area contributed by atoms with Crippen molar-refractivity contribution in [1.82, 2.24) is 30.7 Å². The van der Waals surface area contributed by atoms with Crippen LogP contribution in [0.5, 0.6) is 0 Å². The topological polar surface area (TPSA) is 99.7 Å². The fourth-order valence-electron chi connectivity index (χ4n) is 3.09. The molecule has 9 heteroatoms. The van der Waals surface area contributed by atoms with E-state index in [1.165, 1.54) is 18.5 Å². The lowest BCUT2D eigenvalue weighted by atomic mass is 10.1. The first-order chi connectivity index (χ1) is 12.1. The first-order valence-electron chi connectivity index (χ1n) is 7.94. The van der Waals surface area contributed by atoms with Crippen molar-refractivity contribution in [1.29, 1.82) is 0 Å². The van der Waals surface area contributed by atoms with Crippen LogP contribution in [-0.4, -0.2) is 50.4 Å². The molecule has 1 atom stereocenters. The highest BCUT2D eigenvalue weighted by Gasteiger charge is 2.27. The summed E-state index contributed by atoms with van der Waals surface area (Å²) < 4.78 is 14.1. The Morgan fingerprint density at radius 1 is 1.36 bits per heavy atom. The van der Waals surface area contributed by atoms with Gasteiger partial charge < -0.3 is 10.2 Å². The number of nitrogens with zero attached hydrogens (tertiary/aromatic N) is 5. The molecule has 0 spiro atoms. The number of hydrogen-bond acceptors (Lipinski definition) is 6. The molecule has 2 N–H and O–H groups in total. The molecule has 1 aliphatic rings. The number of anilines is 1. The Labute approximate surface area is 142 Å². The summed E-state index contributed by atoms with van der Waals surface area (Å²) in [6.45, 7) is 3.34. The monoisotopic (exact) mass is 341 g/mol. The number of aromatic nitrogens is 5. The summed E-state index contributed by atoms with van der Waals surface area (Å²) in [5.74, 6) is -0.198. The number of amides is 1. The van der Waals surface area contributed by atoms with Crippen LogP contribution in [0.4, 0.5) is 10.2 Å². The third-order valence-corrected chi connectivity index (χ3v) is 4.34. The zero-order chi connectivity index (χ0) is 17.4. The van der Waals surface area contributed by atoms with Crippen molar-refractivity contribution < 1.29 is 9.18 Å². The highest BCUT2D eigenvalue weighted by atomic mass is 19.1. The van der Waals surface area contributed by atoms with Gasteiger partial charge >= 0.3 is 0 Å². The van der Waals surface area contributed by atoms with E-state index in [4.69, 9.17) is 0 Å². The van der Waals surface area contributed by atoms with Crippen LogP contribution in [0.2, 0.25) is 0 Å². The zero-order valence-corrected chi connectivity index (χ0v) is 13.5. The van der Waals surface area contributed by atoms with Crippen molar-refractivity contribution in [2.24, 2.45) is 0 Å². The Bertz CT molecular complexity index is 941. The molecule has 2 aromatic heterocycles. The van der Waals surface area contributed by atoms with E-state index in [1.54, 1.807) is 6.20 Å². The van der Waals surface area contributed by atoms with E-state index in [2.05, 4.69) is 35.6 Å². The summed E-state index contributed by atoms with van der Waals surface area (Å²) in [6.07, 6.45) is 4.04. The average Bonchev–Trinajstić information content (AvgIpc) is 3.23. The zero-order valence-electron chi connectivity index (χ0n) is 13.5. The van der Waals surface area contributed by atoms with E-state index in [9.17, 15) is 9.18 Å². The van der Waals surface area contributed by atoms with E-state index in [1.807, 2.05) is 6.92 Å². The third kappa shape index (κ3) is 2.88. The van der Waals surface area contributed by atoms with Crippen molar-refractivity contribution >= 4 is 22.8 Å². The fraction of sp³-hybridized carbons (Fsp3) is 0.312. The molecule has 0 radical (unpaired) electrons. The SMILES string of the molecule is Cc1cncnc1N1CC[C@H](NC(=O)c2cc3n[nH]nc3cc2F)C1. The van der Waals surface area contributed by atoms with Gasteiger partial charge in [0, 0.05) is 37.0 Å². The van der Waals surface area contributed by atoms with Crippen molar-refractivity contribution in [3.05, 3.63) is 41.6 Å². The van der Waals surface area contributed by atoms with Crippen molar-refractivity contribution in [3.63, 3.8) is 0 Å². The van der Waals surface area contributed by atoms with Gasteiger partial charge in [-0.05, 0) is 19.4 Å². The standard InChI is InChI=1S/C16H16FN7O/c1-9-6-18-8-19-15(9)24-3-2-10(7-24)20-16(25)11-4-13-14(5-12(11)17)22-23-21-13/h4-6,8,10H,2-3,7H2,1H3,(H,20,25)(H,21,22,23)/t10-/m0/s1. The molecule has 0 bridgehead atoms. The summed E-state index contributed by atoms with van der Waals surface area (Å²) in [7, 11) is 0. The van der Waals surface area contributed by atoms with Crippen molar-refractivity contribution in [2.45, 2.75) is 19.4 Å². The number of aromatic amines is 1. The third-order valence-electron chi connectivity index (χ3n) is 4.34. The molecule has 4 rings (SSSR count). The van der Waals surface area contributed by atoms with E-state index in [0.717, 1.165) is 24.3 Å². The van der Waals surface area contributed by atoms with Gasteiger partial charge in [0.1, 0.15) is 29.0 Å². The van der Waals surface area contributed by atoms with Gasteiger partial charge in [-0.25, -0.2) is 14.4 Å². The molecule has 3 heterocycles. The predicted molar refractivity (Wildman–Crippen MR) is 88.7 cm³/mol. The molecule has 1 amide bonds. The van der Waals surface area contributed by atoms with E-state index < -0.39 is 11.7 Å². The Hall–Kier alpha value is -3.10. The van der Waals surface area contributed by atoms with Crippen LogP contribution in [0.15, 0.2) is 24.7 Å². The smallest absolute Gasteiger partial charge is 0.254 e. The number of aryl methyl sites for hydroxylation is 1.